The van der Waals surface area contributed by atoms with Crippen molar-refractivity contribution in [2.24, 2.45) is 11.1 Å². The van der Waals surface area contributed by atoms with E-state index in [-0.39, 0.29) is 35.1 Å². The molecule has 0 saturated carbocycles. The molecule has 0 fully saturated rings. The average molecular weight is 391 g/mol. The highest BCUT2D eigenvalue weighted by atomic mass is 32.2. The molecule has 0 radical (unpaired) electrons. The monoisotopic (exact) mass is 391 g/mol. The van der Waals surface area contributed by atoms with E-state index in [1.807, 2.05) is 6.07 Å². The third-order valence-corrected chi connectivity index (χ3v) is 5.75. The molecule has 1 aliphatic rings. The van der Waals surface area contributed by atoms with Crippen molar-refractivity contribution in [3.05, 3.63) is 59.4 Å². The summed E-state index contributed by atoms with van der Waals surface area (Å²) >= 11 is 0. The van der Waals surface area contributed by atoms with Crippen molar-refractivity contribution in [1.29, 1.82) is 0 Å². The summed E-state index contributed by atoms with van der Waals surface area (Å²) in [4.78, 5) is 12.2. The minimum atomic E-state index is -3.84. The molecule has 0 aromatic heterocycles. The van der Waals surface area contributed by atoms with E-state index >= 15 is 0 Å². The summed E-state index contributed by atoms with van der Waals surface area (Å²) in [5.74, 6) is -0.273. The largest absolute Gasteiger partial charge is 0.325 e. The number of hydrogen-bond acceptors (Lipinski definition) is 4. The number of nitrogens with one attached hydrogen (secondary N) is 2. The van der Waals surface area contributed by atoms with Gasteiger partial charge >= 0.3 is 0 Å². The second kappa shape index (κ2) is 7.75. The summed E-state index contributed by atoms with van der Waals surface area (Å²) in [6.07, 6.45) is 1.53. The number of rotatable bonds is 5. The molecule has 3 rings (SSSR count). The number of fused-ring (bicyclic) bond motifs is 1. The summed E-state index contributed by atoms with van der Waals surface area (Å²) in [6, 6.07) is 10.7. The second-order valence-corrected chi connectivity index (χ2v) is 8.36. The highest BCUT2D eigenvalue weighted by Crippen LogP contribution is 2.35. The van der Waals surface area contributed by atoms with Gasteiger partial charge in [0.15, 0.2) is 0 Å². The summed E-state index contributed by atoms with van der Waals surface area (Å²) in [7, 11) is -3.84. The molecule has 1 amide bonds. The third-order valence-electron chi connectivity index (χ3n) is 4.84. The van der Waals surface area contributed by atoms with Crippen LogP contribution < -0.4 is 15.8 Å². The number of hydrogen-bond donors (Lipinski definition) is 3. The molecule has 144 valence electrons. The maximum atomic E-state index is 14.0. The zero-order chi connectivity index (χ0) is 19.6. The Morgan fingerprint density at radius 3 is 2.74 bits per heavy atom. The van der Waals surface area contributed by atoms with Crippen LogP contribution in [0.5, 0.6) is 0 Å². The van der Waals surface area contributed by atoms with E-state index in [9.17, 15) is 17.6 Å². The van der Waals surface area contributed by atoms with Crippen LogP contribution in [0.4, 0.5) is 10.1 Å². The smallest absolute Gasteiger partial charge is 0.238 e. The number of anilines is 1. The Kier molecular flexibility index (Phi) is 5.59. The molecule has 27 heavy (non-hydrogen) atoms. The predicted octanol–water partition coefficient (Wildman–Crippen LogP) is 2.32. The fraction of sp³-hybridized carbons (Fsp3) is 0.316. The van der Waals surface area contributed by atoms with Crippen molar-refractivity contribution in [2.45, 2.75) is 30.7 Å². The van der Waals surface area contributed by atoms with Gasteiger partial charge in [0, 0.05) is 11.7 Å². The van der Waals surface area contributed by atoms with Gasteiger partial charge in [-0.3, -0.25) is 4.79 Å². The van der Waals surface area contributed by atoms with Crippen LogP contribution in [0.25, 0.3) is 0 Å². The first-order valence-corrected chi connectivity index (χ1v) is 10.2. The molecular formula is C19H22FN3O3S. The fourth-order valence-corrected chi connectivity index (χ4v) is 4.00. The zero-order valence-electron chi connectivity index (χ0n) is 14.9. The van der Waals surface area contributed by atoms with Crippen LogP contribution in [0.2, 0.25) is 0 Å². The molecule has 0 aliphatic heterocycles. The van der Waals surface area contributed by atoms with Gasteiger partial charge in [-0.15, -0.1) is 0 Å². The lowest BCUT2D eigenvalue weighted by molar-refractivity contribution is -0.115. The van der Waals surface area contributed by atoms with Gasteiger partial charge < -0.3 is 10.6 Å². The molecule has 0 saturated heterocycles. The molecule has 2 atom stereocenters. The lowest BCUT2D eigenvalue weighted by Gasteiger charge is -2.32. The molecule has 4 N–H and O–H groups in total. The number of halogens is 1. The first kappa shape index (κ1) is 19.5. The molecular weight excluding hydrogens is 369 g/mol. The van der Waals surface area contributed by atoms with Gasteiger partial charge in [0.05, 0.1) is 11.4 Å². The Morgan fingerprint density at radius 1 is 1.26 bits per heavy atom. The molecule has 6 nitrogen and oxygen atoms in total. The van der Waals surface area contributed by atoms with Gasteiger partial charge in [-0.2, -0.15) is 0 Å². The SMILES string of the molecule is C[C@@H]1CCc2c(F)cccc2[C@H]1NCC(=O)Nc1cccc(S(N)(=O)=O)c1. The number of nitrogens with two attached hydrogens (primary N) is 1. The molecule has 0 bridgehead atoms. The van der Waals surface area contributed by atoms with Crippen LogP contribution in [0, 0.1) is 11.7 Å². The lowest BCUT2D eigenvalue weighted by atomic mass is 9.80. The summed E-state index contributed by atoms with van der Waals surface area (Å²) in [6.45, 7) is 2.09. The molecule has 2 aromatic rings. The van der Waals surface area contributed by atoms with Crippen molar-refractivity contribution in [1.82, 2.24) is 5.32 Å². The van der Waals surface area contributed by atoms with Gasteiger partial charge in [-0.05, 0) is 54.2 Å². The van der Waals surface area contributed by atoms with E-state index in [0.29, 0.717) is 17.7 Å². The number of primary sulfonamides is 1. The molecule has 8 heteroatoms. The van der Waals surface area contributed by atoms with Crippen LogP contribution in [-0.2, 0) is 21.2 Å². The predicted molar refractivity (Wildman–Crippen MR) is 101 cm³/mol. The quantitative estimate of drug-likeness (QED) is 0.728. The summed E-state index contributed by atoms with van der Waals surface area (Å²) < 4.78 is 36.8. The van der Waals surface area contributed by atoms with Crippen LogP contribution in [0.3, 0.4) is 0 Å². The van der Waals surface area contributed by atoms with Crippen LogP contribution in [0.15, 0.2) is 47.4 Å². The fourth-order valence-electron chi connectivity index (χ4n) is 3.45. The van der Waals surface area contributed by atoms with Crippen molar-refractivity contribution in [3.63, 3.8) is 0 Å². The van der Waals surface area contributed by atoms with Gasteiger partial charge in [0.25, 0.3) is 0 Å². The topological polar surface area (TPSA) is 101 Å². The van der Waals surface area contributed by atoms with E-state index in [1.54, 1.807) is 12.1 Å². The second-order valence-electron chi connectivity index (χ2n) is 6.80. The Labute approximate surface area is 158 Å². The summed E-state index contributed by atoms with van der Waals surface area (Å²) in [5, 5.41) is 10.9. The van der Waals surface area contributed by atoms with E-state index in [2.05, 4.69) is 17.6 Å². The number of amides is 1. The first-order valence-electron chi connectivity index (χ1n) is 8.69. The summed E-state index contributed by atoms with van der Waals surface area (Å²) in [5.41, 5.74) is 1.93. The van der Waals surface area contributed by atoms with Gasteiger partial charge in [0.1, 0.15) is 5.82 Å². The van der Waals surface area contributed by atoms with Gasteiger partial charge in [-0.25, -0.2) is 17.9 Å². The molecule has 2 aromatic carbocycles. The normalized spacial score (nSPS) is 19.4. The molecule has 0 heterocycles. The Bertz CT molecular complexity index is 962. The van der Waals surface area contributed by atoms with Crippen molar-refractivity contribution in [3.8, 4) is 0 Å². The van der Waals surface area contributed by atoms with E-state index in [0.717, 1.165) is 12.0 Å². The Hall–Kier alpha value is -2.29. The minimum Gasteiger partial charge on any atom is -0.325 e. The first-order chi connectivity index (χ1) is 12.8. The highest BCUT2D eigenvalue weighted by molar-refractivity contribution is 7.89. The minimum absolute atomic E-state index is 0.0184. The standard InChI is InChI=1S/C19H22FN3O3S/c1-12-8-9-15-16(6-3-7-17(15)20)19(12)22-11-18(24)23-13-4-2-5-14(10-13)27(21,25)26/h2-7,10,12,19,22H,8-9,11H2,1H3,(H,23,24)(H2,21,25,26)/t12-,19+/m1/s1. The third kappa shape index (κ3) is 4.52. The van der Waals surface area contributed by atoms with E-state index in [1.165, 1.54) is 24.3 Å². The number of sulfonamides is 1. The van der Waals surface area contributed by atoms with Crippen LogP contribution in [-0.4, -0.2) is 20.9 Å². The number of benzene rings is 2. The maximum Gasteiger partial charge on any atom is 0.238 e. The number of carbonyl (C=O) groups is 1. The Balaban J connectivity index is 1.67. The Morgan fingerprint density at radius 2 is 2.00 bits per heavy atom. The maximum absolute atomic E-state index is 14.0. The van der Waals surface area contributed by atoms with Gasteiger partial charge in [-0.1, -0.05) is 25.1 Å². The van der Waals surface area contributed by atoms with Crippen molar-refractivity contribution >= 4 is 21.6 Å². The zero-order valence-corrected chi connectivity index (χ0v) is 15.7. The van der Waals surface area contributed by atoms with Crippen molar-refractivity contribution < 1.29 is 17.6 Å². The number of carbonyl (C=O) groups excluding carboxylic acids is 1. The molecule has 0 spiro atoms. The van der Waals surface area contributed by atoms with Crippen LogP contribution in [0.1, 0.15) is 30.5 Å². The van der Waals surface area contributed by atoms with Crippen LogP contribution >= 0.6 is 0 Å². The lowest BCUT2D eigenvalue weighted by Crippen LogP contribution is -2.36. The average Bonchev–Trinajstić information content (AvgIpc) is 2.60. The molecule has 1 aliphatic carbocycles. The van der Waals surface area contributed by atoms with Gasteiger partial charge in [0.2, 0.25) is 15.9 Å². The molecule has 0 unspecified atom stereocenters. The highest BCUT2D eigenvalue weighted by Gasteiger charge is 2.28. The van der Waals surface area contributed by atoms with Crippen molar-refractivity contribution in [2.75, 3.05) is 11.9 Å². The van der Waals surface area contributed by atoms with E-state index < -0.39 is 10.0 Å². The van der Waals surface area contributed by atoms with E-state index in [4.69, 9.17) is 5.14 Å².